The Balaban J connectivity index is 1.34. The minimum atomic E-state index is -0.792. The predicted octanol–water partition coefficient (Wildman–Crippen LogP) is 5.43. The Morgan fingerprint density at radius 1 is 1.06 bits per heavy atom. The van der Waals surface area contributed by atoms with Gasteiger partial charge in [-0.05, 0) is 98.8 Å². The van der Waals surface area contributed by atoms with Crippen LogP contribution in [0.5, 0.6) is 17.2 Å². The Morgan fingerprint density at radius 2 is 1.77 bits per heavy atom. The van der Waals surface area contributed by atoms with E-state index < -0.39 is 28.9 Å². The van der Waals surface area contributed by atoms with Gasteiger partial charge in [-0.3, -0.25) is 14.9 Å². The zero-order chi connectivity index (χ0) is 34.1. The average molecular weight is 775 g/mol. The molecule has 3 aromatic rings. The average Bonchev–Trinajstić information content (AvgIpc) is 3.03. The number of halogens is 2. The molecule has 1 aliphatic rings. The van der Waals surface area contributed by atoms with Crippen LogP contribution in [0.4, 0.5) is 10.5 Å². The van der Waals surface area contributed by atoms with E-state index in [4.69, 9.17) is 18.9 Å². The number of carbonyl (C=O) groups excluding carboxylic acids is 3. The van der Waals surface area contributed by atoms with Gasteiger partial charge >= 0.3 is 12.0 Å². The number of benzene rings is 3. The minimum absolute atomic E-state index is 0.00261. The van der Waals surface area contributed by atoms with Crippen molar-refractivity contribution in [3.05, 3.63) is 102 Å². The van der Waals surface area contributed by atoms with E-state index in [0.29, 0.717) is 31.5 Å². The van der Waals surface area contributed by atoms with Gasteiger partial charge in [0.1, 0.15) is 12.4 Å². The number of urea groups is 1. The number of hydrazone groups is 1. The third kappa shape index (κ3) is 9.07. The lowest BCUT2D eigenvalue weighted by molar-refractivity contribution is -0.384. The monoisotopic (exact) mass is 773 g/mol. The fourth-order valence-electron chi connectivity index (χ4n) is 4.42. The highest BCUT2D eigenvalue weighted by molar-refractivity contribution is 9.11. The van der Waals surface area contributed by atoms with Crippen LogP contribution in [0.2, 0.25) is 0 Å². The number of rotatable bonds is 13. The summed E-state index contributed by atoms with van der Waals surface area (Å²) in [7, 11) is 1.42. The summed E-state index contributed by atoms with van der Waals surface area (Å²) < 4.78 is 23.4. The molecule has 16 heteroatoms. The van der Waals surface area contributed by atoms with Gasteiger partial charge in [-0.15, -0.1) is 0 Å². The number of esters is 1. The van der Waals surface area contributed by atoms with Crippen LogP contribution >= 0.6 is 31.9 Å². The molecule has 1 heterocycles. The third-order valence-corrected chi connectivity index (χ3v) is 7.78. The van der Waals surface area contributed by atoms with Crippen molar-refractivity contribution in [1.29, 1.82) is 0 Å². The quantitative estimate of drug-likeness (QED) is 0.0884. The Labute approximate surface area is 285 Å². The minimum Gasteiger partial charge on any atom is -0.493 e. The number of nitro benzene ring substituents is 1. The van der Waals surface area contributed by atoms with E-state index in [9.17, 15) is 24.5 Å². The van der Waals surface area contributed by atoms with Crippen LogP contribution in [0.3, 0.4) is 0 Å². The lowest BCUT2D eigenvalue weighted by Gasteiger charge is -2.28. The number of methoxy groups -OCH3 is 1. The maximum atomic E-state index is 12.6. The van der Waals surface area contributed by atoms with Crippen LogP contribution in [-0.4, -0.2) is 49.4 Å². The second-order valence-corrected chi connectivity index (χ2v) is 11.5. The van der Waals surface area contributed by atoms with E-state index in [1.165, 1.54) is 25.5 Å². The van der Waals surface area contributed by atoms with Gasteiger partial charge in [-0.25, -0.2) is 15.0 Å². The Morgan fingerprint density at radius 3 is 2.40 bits per heavy atom. The molecule has 0 fully saturated rings. The van der Waals surface area contributed by atoms with E-state index in [0.717, 1.165) is 5.56 Å². The summed E-state index contributed by atoms with van der Waals surface area (Å²) in [6, 6.07) is 13.1. The molecule has 3 N–H and O–H groups in total. The molecule has 0 saturated heterocycles. The third-order valence-electron chi connectivity index (χ3n) is 6.60. The molecular weight excluding hydrogens is 746 g/mol. The molecule has 1 atom stereocenters. The maximum Gasteiger partial charge on any atom is 0.338 e. The Hall–Kier alpha value is -4.96. The molecule has 1 aliphatic heterocycles. The van der Waals surface area contributed by atoms with Crippen molar-refractivity contribution in [2.45, 2.75) is 26.5 Å². The van der Waals surface area contributed by atoms with Gasteiger partial charge in [0.25, 0.3) is 11.6 Å². The van der Waals surface area contributed by atoms with E-state index in [1.807, 2.05) is 0 Å². The molecule has 3 amide bonds. The topological polar surface area (TPSA) is 180 Å². The smallest absolute Gasteiger partial charge is 0.338 e. The van der Waals surface area contributed by atoms with Gasteiger partial charge < -0.3 is 29.6 Å². The SMILES string of the molecule is CCOC(=O)C1=C(C)NC(=O)N[C@@H]1c1ccc(OCC(=O)N/N=C\c2cc(Br)c(OCc3ccc([N+](=O)[O-])cc3)c(Br)c2)c(OC)c1. The lowest BCUT2D eigenvalue weighted by atomic mass is 9.95. The highest BCUT2D eigenvalue weighted by atomic mass is 79.9. The number of nitrogens with one attached hydrogen (secondary N) is 3. The van der Waals surface area contributed by atoms with Crippen LogP contribution in [0.15, 0.2) is 79.9 Å². The number of ether oxygens (including phenoxy) is 4. The second-order valence-electron chi connectivity index (χ2n) is 9.81. The summed E-state index contributed by atoms with van der Waals surface area (Å²) in [6.45, 7) is 3.28. The zero-order valence-electron chi connectivity index (χ0n) is 25.3. The van der Waals surface area contributed by atoms with Crippen LogP contribution in [0, 0.1) is 10.1 Å². The van der Waals surface area contributed by atoms with Crippen molar-refractivity contribution in [2.24, 2.45) is 5.10 Å². The largest absolute Gasteiger partial charge is 0.493 e. The number of nitrogens with zero attached hydrogens (tertiary/aromatic N) is 2. The first-order chi connectivity index (χ1) is 22.5. The first-order valence-electron chi connectivity index (χ1n) is 13.9. The van der Waals surface area contributed by atoms with E-state index >= 15 is 0 Å². The van der Waals surface area contributed by atoms with E-state index in [2.05, 4.69) is 53.0 Å². The first-order valence-corrected chi connectivity index (χ1v) is 15.5. The number of hydrogen-bond acceptors (Lipinski definition) is 10. The Kier molecular flexibility index (Phi) is 11.9. The fourth-order valence-corrected chi connectivity index (χ4v) is 5.87. The van der Waals surface area contributed by atoms with Gasteiger partial charge in [0.2, 0.25) is 0 Å². The number of hydrogen-bond donors (Lipinski definition) is 3. The van der Waals surface area contributed by atoms with Crippen molar-refractivity contribution in [2.75, 3.05) is 20.3 Å². The highest BCUT2D eigenvalue weighted by Crippen LogP contribution is 2.36. The van der Waals surface area contributed by atoms with Crippen molar-refractivity contribution in [3.8, 4) is 17.2 Å². The molecule has 0 spiro atoms. The van der Waals surface area contributed by atoms with Crippen molar-refractivity contribution < 1.29 is 38.3 Å². The first kappa shape index (κ1) is 34.9. The molecule has 0 radical (unpaired) electrons. The Bertz CT molecular complexity index is 1720. The molecule has 0 aromatic heterocycles. The predicted molar refractivity (Wildman–Crippen MR) is 177 cm³/mol. The second kappa shape index (κ2) is 16.0. The van der Waals surface area contributed by atoms with Crippen LogP contribution in [-0.2, 0) is 20.9 Å². The normalized spacial score (nSPS) is 14.2. The zero-order valence-corrected chi connectivity index (χ0v) is 28.5. The maximum absolute atomic E-state index is 12.6. The summed E-state index contributed by atoms with van der Waals surface area (Å²) >= 11 is 6.93. The van der Waals surface area contributed by atoms with E-state index in [-0.39, 0.29) is 42.6 Å². The van der Waals surface area contributed by atoms with Gasteiger partial charge in [0.05, 0.1) is 45.4 Å². The number of allylic oxidation sites excluding steroid dienone is 1. The fraction of sp³-hybridized carbons (Fsp3) is 0.226. The number of amides is 3. The van der Waals surface area contributed by atoms with Gasteiger partial charge in [-0.1, -0.05) is 6.07 Å². The van der Waals surface area contributed by atoms with Crippen LogP contribution in [0.25, 0.3) is 0 Å². The molecule has 246 valence electrons. The summed E-state index contributed by atoms with van der Waals surface area (Å²) in [4.78, 5) is 47.6. The van der Waals surface area contributed by atoms with Gasteiger partial charge in [0, 0.05) is 17.8 Å². The number of nitro groups is 1. The van der Waals surface area contributed by atoms with Crippen molar-refractivity contribution in [3.63, 3.8) is 0 Å². The van der Waals surface area contributed by atoms with Crippen LogP contribution < -0.4 is 30.3 Å². The van der Waals surface area contributed by atoms with Crippen LogP contribution in [0.1, 0.15) is 36.6 Å². The molecule has 47 heavy (non-hydrogen) atoms. The molecule has 3 aromatic carbocycles. The molecular formula is C31H29Br2N5O9. The molecule has 0 aliphatic carbocycles. The molecule has 0 bridgehead atoms. The number of non-ortho nitro benzene ring substituents is 1. The standard InChI is InChI=1S/C31H29Br2N5O9/c1-4-45-30(40)27-17(2)35-31(41)36-28(27)20-7-10-24(25(13-20)44-3)46-16-26(39)37-34-14-19-11-22(32)29(23(33)12-19)47-15-18-5-8-21(9-6-18)38(42)43/h5-14,28H,4,15-16H2,1-3H3,(H,37,39)(H2,35,36,41)/b34-14-/t28-/m1/s1. The summed E-state index contributed by atoms with van der Waals surface area (Å²) in [5.74, 6) is -0.0574. The summed E-state index contributed by atoms with van der Waals surface area (Å²) in [5.41, 5.74) is 4.96. The molecule has 0 saturated carbocycles. The summed E-state index contributed by atoms with van der Waals surface area (Å²) in [6.07, 6.45) is 1.44. The lowest BCUT2D eigenvalue weighted by Crippen LogP contribution is -2.45. The van der Waals surface area contributed by atoms with Crippen molar-refractivity contribution >= 4 is 61.7 Å². The molecule has 0 unspecified atom stereocenters. The molecule has 4 rings (SSSR count). The number of carbonyl (C=O) groups is 3. The van der Waals surface area contributed by atoms with Gasteiger partial charge in [-0.2, -0.15) is 5.10 Å². The van der Waals surface area contributed by atoms with E-state index in [1.54, 1.807) is 56.3 Å². The molecule has 14 nitrogen and oxygen atoms in total. The summed E-state index contributed by atoms with van der Waals surface area (Å²) in [5, 5.41) is 20.1. The van der Waals surface area contributed by atoms with Gasteiger partial charge in [0.15, 0.2) is 18.1 Å². The highest BCUT2D eigenvalue weighted by Gasteiger charge is 2.32. The van der Waals surface area contributed by atoms with Crippen molar-refractivity contribution in [1.82, 2.24) is 16.1 Å².